The lowest BCUT2D eigenvalue weighted by atomic mass is 10.2. The van der Waals surface area contributed by atoms with Crippen LogP contribution in [0.15, 0.2) is 18.2 Å². The minimum Gasteiger partial charge on any atom is -0.346 e. The summed E-state index contributed by atoms with van der Waals surface area (Å²) in [6.07, 6.45) is 4.75. The van der Waals surface area contributed by atoms with Gasteiger partial charge < -0.3 is 10.6 Å². The van der Waals surface area contributed by atoms with Crippen LogP contribution in [-0.4, -0.2) is 42.9 Å². The third-order valence-corrected chi connectivity index (χ3v) is 4.46. The Morgan fingerprint density at radius 1 is 1.13 bits per heavy atom. The van der Waals surface area contributed by atoms with Crippen LogP contribution in [0.3, 0.4) is 0 Å². The number of hydrogen-bond donors (Lipinski definition) is 2. The molecule has 2 rings (SSSR count). The quantitative estimate of drug-likeness (QED) is 0.868. The van der Waals surface area contributed by atoms with Crippen LogP contribution in [0.1, 0.15) is 31.2 Å². The van der Waals surface area contributed by atoms with E-state index in [9.17, 15) is 9.59 Å². The van der Waals surface area contributed by atoms with Crippen LogP contribution in [0.25, 0.3) is 0 Å². The van der Waals surface area contributed by atoms with Crippen molar-refractivity contribution < 1.29 is 9.59 Å². The van der Waals surface area contributed by atoms with Crippen LogP contribution in [0, 0.1) is 6.92 Å². The lowest BCUT2D eigenvalue weighted by molar-refractivity contribution is -0.125. The van der Waals surface area contributed by atoms with E-state index in [-0.39, 0.29) is 18.4 Å². The standard InChI is InChI=1S/C17H24ClN3O2/c1-13-14(18)7-6-8-15(13)20-16(22)11-19-17(23)12-21-9-4-2-3-5-10-21/h6-8H,2-5,9-12H2,1H3,(H,19,23)(H,20,22). The molecular formula is C17H24ClN3O2. The minimum absolute atomic E-state index is 0.0291. The fraction of sp³-hybridized carbons (Fsp3) is 0.529. The summed E-state index contributed by atoms with van der Waals surface area (Å²) in [6, 6.07) is 5.34. The highest BCUT2D eigenvalue weighted by Crippen LogP contribution is 2.22. The van der Waals surface area contributed by atoms with Gasteiger partial charge >= 0.3 is 0 Å². The molecule has 0 unspecified atom stereocenters. The Morgan fingerprint density at radius 2 is 1.83 bits per heavy atom. The van der Waals surface area contributed by atoms with Crippen molar-refractivity contribution in [1.29, 1.82) is 0 Å². The van der Waals surface area contributed by atoms with Crippen molar-refractivity contribution in [1.82, 2.24) is 10.2 Å². The first kappa shape index (κ1) is 17.8. The average molecular weight is 338 g/mol. The van der Waals surface area contributed by atoms with E-state index in [4.69, 9.17) is 11.6 Å². The Hall–Kier alpha value is -1.59. The van der Waals surface area contributed by atoms with Gasteiger partial charge in [0.05, 0.1) is 13.1 Å². The average Bonchev–Trinajstić information content (AvgIpc) is 2.78. The first-order valence-corrected chi connectivity index (χ1v) is 8.48. The van der Waals surface area contributed by atoms with Crippen LogP contribution < -0.4 is 10.6 Å². The van der Waals surface area contributed by atoms with Crippen LogP contribution in [0.2, 0.25) is 5.02 Å². The first-order chi connectivity index (χ1) is 11.1. The number of nitrogens with zero attached hydrogens (tertiary/aromatic N) is 1. The number of benzene rings is 1. The Kier molecular flexibility index (Phi) is 6.86. The van der Waals surface area contributed by atoms with Crippen LogP contribution in [0.5, 0.6) is 0 Å². The Morgan fingerprint density at radius 3 is 2.52 bits per heavy atom. The number of anilines is 1. The molecular weight excluding hydrogens is 314 g/mol. The second-order valence-electron chi connectivity index (χ2n) is 5.93. The molecule has 0 radical (unpaired) electrons. The second kappa shape index (κ2) is 8.89. The van der Waals surface area contributed by atoms with Gasteiger partial charge in [0.25, 0.3) is 0 Å². The van der Waals surface area contributed by atoms with Gasteiger partial charge in [-0.25, -0.2) is 0 Å². The Labute approximate surface area is 142 Å². The van der Waals surface area contributed by atoms with Gasteiger partial charge in [0.15, 0.2) is 0 Å². The molecule has 0 spiro atoms. The minimum atomic E-state index is -0.250. The maximum atomic E-state index is 11.9. The molecule has 0 aliphatic carbocycles. The van der Waals surface area contributed by atoms with Crippen molar-refractivity contribution in [3.8, 4) is 0 Å². The molecule has 23 heavy (non-hydrogen) atoms. The topological polar surface area (TPSA) is 61.4 Å². The fourth-order valence-electron chi connectivity index (χ4n) is 2.67. The van der Waals surface area contributed by atoms with E-state index < -0.39 is 0 Å². The predicted molar refractivity (Wildman–Crippen MR) is 92.7 cm³/mol. The number of likely N-dealkylation sites (tertiary alicyclic amines) is 1. The van der Waals surface area contributed by atoms with E-state index in [1.54, 1.807) is 18.2 Å². The van der Waals surface area contributed by atoms with Crippen molar-refractivity contribution in [3.05, 3.63) is 28.8 Å². The first-order valence-electron chi connectivity index (χ1n) is 8.10. The summed E-state index contributed by atoms with van der Waals surface area (Å²) in [5.74, 6) is -0.357. The van der Waals surface area contributed by atoms with E-state index >= 15 is 0 Å². The van der Waals surface area contributed by atoms with Crippen molar-refractivity contribution in [3.63, 3.8) is 0 Å². The van der Waals surface area contributed by atoms with Gasteiger partial charge in [-0.2, -0.15) is 0 Å². The van der Waals surface area contributed by atoms with Gasteiger partial charge in [0.2, 0.25) is 11.8 Å². The third-order valence-electron chi connectivity index (χ3n) is 4.05. The fourth-order valence-corrected chi connectivity index (χ4v) is 2.84. The van der Waals surface area contributed by atoms with E-state index in [2.05, 4.69) is 15.5 Å². The lowest BCUT2D eigenvalue weighted by Gasteiger charge is -2.18. The number of rotatable bonds is 5. The summed E-state index contributed by atoms with van der Waals surface area (Å²) >= 11 is 6.02. The maximum Gasteiger partial charge on any atom is 0.243 e. The van der Waals surface area contributed by atoms with Gasteiger partial charge in [-0.3, -0.25) is 14.5 Å². The number of carbonyl (C=O) groups excluding carboxylic acids is 2. The molecule has 1 aromatic rings. The molecule has 0 aromatic heterocycles. The molecule has 1 saturated heterocycles. The Balaban J connectivity index is 1.75. The van der Waals surface area contributed by atoms with Gasteiger partial charge in [-0.05, 0) is 50.6 Å². The summed E-state index contributed by atoms with van der Waals surface area (Å²) < 4.78 is 0. The summed E-state index contributed by atoms with van der Waals surface area (Å²) in [4.78, 5) is 26.0. The number of hydrogen-bond acceptors (Lipinski definition) is 3. The SMILES string of the molecule is Cc1c(Cl)cccc1NC(=O)CNC(=O)CN1CCCCCC1. The zero-order valence-electron chi connectivity index (χ0n) is 13.5. The number of amides is 2. The molecule has 126 valence electrons. The van der Waals surface area contributed by atoms with Crippen LogP contribution in [-0.2, 0) is 9.59 Å². The molecule has 2 N–H and O–H groups in total. The lowest BCUT2D eigenvalue weighted by Crippen LogP contribution is -2.40. The summed E-state index contributed by atoms with van der Waals surface area (Å²) in [6.45, 7) is 4.10. The van der Waals surface area contributed by atoms with Gasteiger partial charge in [0, 0.05) is 10.7 Å². The number of carbonyl (C=O) groups is 2. The van der Waals surface area contributed by atoms with Crippen molar-refractivity contribution in [2.24, 2.45) is 0 Å². The summed E-state index contributed by atoms with van der Waals surface area (Å²) in [5.41, 5.74) is 1.49. The third kappa shape index (κ3) is 5.84. The van der Waals surface area contributed by atoms with Gasteiger partial charge in [-0.1, -0.05) is 30.5 Å². The van der Waals surface area contributed by atoms with E-state index in [1.165, 1.54) is 12.8 Å². The van der Waals surface area contributed by atoms with Gasteiger partial charge in [0.1, 0.15) is 0 Å². The highest BCUT2D eigenvalue weighted by molar-refractivity contribution is 6.31. The predicted octanol–water partition coefficient (Wildman–Crippen LogP) is 2.58. The Bertz CT molecular complexity index is 555. The molecule has 1 aromatic carbocycles. The van der Waals surface area contributed by atoms with Crippen molar-refractivity contribution >= 4 is 29.1 Å². The molecule has 1 aliphatic rings. The van der Waals surface area contributed by atoms with E-state index in [0.717, 1.165) is 31.5 Å². The largest absolute Gasteiger partial charge is 0.346 e. The molecule has 6 heteroatoms. The smallest absolute Gasteiger partial charge is 0.243 e. The van der Waals surface area contributed by atoms with Crippen LogP contribution >= 0.6 is 11.6 Å². The molecule has 5 nitrogen and oxygen atoms in total. The summed E-state index contributed by atoms with van der Waals surface area (Å²) in [5, 5.41) is 6.05. The monoisotopic (exact) mass is 337 g/mol. The van der Waals surface area contributed by atoms with E-state index in [0.29, 0.717) is 17.3 Å². The maximum absolute atomic E-state index is 11.9. The second-order valence-corrected chi connectivity index (χ2v) is 6.33. The highest BCUT2D eigenvalue weighted by atomic mass is 35.5. The van der Waals surface area contributed by atoms with Crippen molar-refractivity contribution in [2.45, 2.75) is 32.6 Å². The summed E-state index contributed by atoms with van der Waals surface area (Å²) in [7, 11) is 0. The normalized spacial score (nSPS) is 15.7. The molecule has 2 amide bonds. The van der Waals surface area contributed by atoms with Crippen LogP contribution in [0.4, 0.5) is 5.69 Å². The molecule has 0 bridgehead atoms. The highest BCUT2D eigenvalue weighted by Gasteiger charge is 2.14. The van der Waals surface area contributed by atoms with Crippen molar-refractivity contribution in [2.75, 3.05) is 31.5 Å². The molecule has 1 aliphatic heterocycles. The number of nitrogens with one attached hydrogen (secondary N) is 2. The van der Waals surface area contributed by atoms with E-state index in [1.807, 2.05) is 6.92 Å². The zero-order chi connectivity index (χ0) is 16.7. The zero-order valence-corrected chi connectivity index (χ0v) is 14.3. The molecule has 0 atom stereocenters. The molecule has 1 heterocycles. The molecule has 1 fully saturated rings. The molecule has 0 saturated carbocycles. The number of halogens is 1. The van der Waals surface area contributed by atoms with Gasteiger partial charge in [-0.15, -0.1) is 0 Å².